The maximum Gasteiger partial charge on any atom is 0.141 e. The Kier molecular flexibility index (Phi) is 4.18. The number of para-hydroxylation sites is 2. The maximum absolute atomic E-state index is 4.91. The molecule has 4 rings (SSSR count). The van der Waals surface area contributed by atoms with Crippen molar-refractivity contribution < 1.29 is 0 Å². The molecule has 0 aliphatic carbocycles. The van der Waals surface area contributed by atoms with Crippen molar-refractivity contribution in [3.05, 3.63) is 87.9 Å². The summed E-state index contributed by atoms with van der Waals surface area (Å²) in [5.74, 6) is 1.01. The molecule has 3 aromatic carbocycles. The van der Waals surface area contributed by atoms with Gasteiger partial charge in [0, 0.05) is 16.6 Å². The lowest BCUT2D eigenvalue weighted by Crippen LogP contribution is -2.04. The van der Waals surface area contributed by atoms with Crippen LogP contribution in [0.5, 0.6) is 0 Å². The van der Waals surface area contributed by atoms with E-state index in [0.717, 1.165) is 27.9 Å². The van der Waals surface area contributed by atoms with Gasteiger partial charge in [-0.25, -0.2) is 4.98 Å². The highest BCUT2D eigenvalue weighted by Gasteiger charge is 2.13. The number of aromatic nitrogens is 2. The van der Waals surface area contributed by atoms with Crippen molar-refractivity contribution in [3.63, 3.8) is 0 Å². The predicted octanol–water partition coefficient (Wildman–Crippen LogP) is 6.13. The zero-order chi connectivity index (χ0) is 17.4. The molecule has 0 bridgehead atoms. The summed E-state index contributed by atoms with van der Waals surface area (Å²) < 4.78 is 3.40. The fraction of sp³-hybridized carbons (Fsp3) is 0.136. The molecule has 4 aromatic rings. The van der Waals surface area contributed by atoms with Crippen LogP contribution in [0.4, 0.5) is 0 Å². The molecule has 0 unspecified atom stereocenters. The predicted molar refractivity (Wildman–Crippen MR) is 108 cm³/mol. The number of fused-ring (bicyclic) bond motifs is 1. The van der Waals surface area contributed by atoms with E-state index in [1.807, 2.05) is 6.07 Å². The lowest BCUT2D eigenvalue weighted by molar-refractivity contribution is 0.827. The summed E-state index contributed by atoms with van der Waals surface area (Å²) >= 11 is 3.52. The Morgan fingerprint density at radius 1 is 0.920 bits per heavy atom. The Bertz CT molecular complexity index is 1050. The van der Waals surface area contributed by atoms with E-state index < -0.39 is 0 Å². The highest BCUT2D eigenvalue weighted by atomic mass is 79.9. The summed E-state index contributed by atoms with van der Waals surface area (Å²) in [5.41, 5.74) is 7.26. The van der Waals surface area contributed by atoms with Gasteiger partial charge in [0.15, 0.2) is 0 Å². The van der Waals surface area contributed by atoms with E-state index in [1.165, 1.54) is 22.2 Å². The Labute approximate surface area is 156 Å². The number of nitrogens with zero attached hydrogens (tertiary/aromatic N) is 2. The molecule has 0 saturated heterocycles. The molecule has 25 heavy (non-hydrogen) atoms. The Morgan fingerprint density at radius 3 is 2.48 bits per heavy atom. The van der Waals surface area contributed by atoms with Gasteiger partial charge in [-0.05, 0) is 49.2 Å². The van der Waals surface area contributed by atoms with Gasteiger partial charge in [-0.15, -0.1) is 0 Å². The molecule has 0 fully saturated rings. The van der Waals surface area contributed by atoms with Crippen molar-refractivity contribution in [3.8, 4) is 11.4 Å². The lowest BCUT2D eigenvalue weighted by atomic mass is 10.1. The third kappa shape index (κ3) is 3.12. The van der Waals surface area contributed by atoms with Crippen LogP contribution in [0.1, 0.15) is 16.7 Å². The minimum absolute atomic E-state index is 0.819. The first-order valence-electron chi connectivity index (χ1n) is 8.39. The molecule has 1 aromatic heterocycles. The first kappa shape index (κ1) is 16.1. The summed E-state index contributed by atoms with van der Waals surface area (Å²) in [6, 6.07) is 23.4. The van der Waals surface area contributed by atoms with Crippen LogP contribution in [-0.4, -0.2) is 9.55 Å². The van der Waals surface area contributed by atoms with Crippen LogP contribution in [0, 0.1) is 13.8 Å². The van der Waals surface area contributed by atoms with E-state index in [4.69, 9.17) is 4.98 Å². The van der Waals surface area contributed by atoms with Gasteiger partial charge in [0.25, 0.3) is 0 Å². The quantitative estimate of drug-likeness (QED) is 0.411. The molecular weight excluding hydrogens is 372 g/mol. The van der Waals surface area contributed by atoms with Crippen LogP contribution >= 0.6 is 15.9 Å². The summed E-state index contributed by atoms with van der Waals surface area (Å²) in [5, 5.41) is 0. The van der Waals surface area contributed by atoms with Crippen LogP contribution in [0.3, 0.4) is 0 Å². The summed E-state index contributed by atoms with van der Waals surface area (Å²) in [6.07, 6.45) is 0. The highest BCUT2D eigenvalue weighted by Crippen LogP contribution is 2.27. The monoisotopic (exact) mass is 390 g/mol. The zero-order valence-electron chi connectivity index (χ0n) is 14.3. The van der Waals surface area contributed by atoms with Gasteiger partial charge in [0.05, 0.1) is 11.0 Å². The molecule has 0 spiro atoms. The SMILES string of the molecule is Cc1ccc(C)c(Cn2c(-c3ccc(Br)cc3)nc3ccccc32)c1. The first-order valence-corrected chi connectivity index (χ1v) is 9.18. The van der Waals surface area contributed by atoms with Gasteiger partial charge >= 0.3 is 0 Å². The van der Waals surface area contributed by atoms with Crippen LogP contribution in [0.25, 0.3) is 22.4 Å². The van der Waals surface area contributed by atoms with Crippen LogP contribution in [-0.2, 0) is 6.54 Å². The molecule has 1 heterocycles. The lowest BCUT2D eigenvalue weighted by Gasteiger charge is -2.12. The van der Waals surface area contributed by atoms with E-state index >= 15 is 0 Å². The minimum Gasteiger partial charge on any atom is -0.319 e. The van der Waals surface area contributed by atoms with Gasteiger partial charge in [0.1, 0.15) is 5.82 Å². The molecule has 0 atom stereocenters. The number of rotatable bonds is 3. The smallest absolute Gasteiger partial charge is 0.141 e. The topological polar surface area (TPSA) is 17.8 Å². The number of aryl methyl sites for hydroxylation is 2. The molecular formula is C22H19BrN2. The van der Waals surface area contributed by atoms with Crippen LogP contribution in [0.15, 0.2) is 71.2 Å². The number of halogens is 1. The Hall–Kier alpha value is -2.39. The van der Waals surface area contributed by atoms with E-state index in [-0.39, 0.29) is 0 Å². The number of imidazole rings is 1. The van der Waals surface area contributed by atoms with E-state index in [0.29, 0.717) is 0 Å². The van der Waals surface area contributed by atoms with E-state index in [1.54, 1.807) is 0 Å². The van der Waals surface area contributed by atoms with E-state index in [9.17, 15) is 0 Å². The Morgan fingerprint density at radius 2 is 1.68 bits per heavy atom. The molecule has 0 aliphatic rings. The molecule has 124 valence electrons. The van der Waals surface area contributed by atoms with Crippen molar-refractivity contribution in [2.45, 2.75) is 20.4 Å². The van der Waals surface area contributed by atoms with Gasteiger partial charge in [-0.1, -0.05) is 64.0 Å². The molecule has 3 heteroatoms. The van der Waals surface area contributed by atoms with E-state index in [2.05, 4.69) is 95.0 Å². The summed E-state index contributed by atoms with van der Waals surface area (Å²) in [7, 11) is 0. The second-order valence-corrected chi connectivity index (χ2v) is 7.36. The maximum atomic E-state index is 4.91. The van der Waals surface area contributed by atoms with Gasteiger partial charge < -0.3 is 4.57 Å². The summed E-state index contributed by atoms with van der Waals surface area (Å²) in [6.45, 7) is 5.14. The fourth-order valence-corrected chi connectivity index (χ4v) is 3.46. The molecule has 0 saturated carbocycles. The van der Waals surface area contributed by atoms with Crippen molar-refractivity contribution in [2.24, 2.45) is 0 Å². The molecule has 0 N–H and O–H groups in total. The van der Waals surface area contributed by atoms with Crippen molar-refractivity contribution in [2.75, 3.05) is 0 Å². The average Bonchev–Trinajstić information content (AvgIpc) is 2.97. The third-order valence-corrected chi connectivity index (χ3v) is 5.12. The first-order chi connectivity index (χ1) is 12.1. The normalized spacial score (nSPS) is 11.2. The Balaban J connectivity index is 1.90. The average molecular weight is 391 g/mol. The van der Waals surface area contributed by atoms with Gasteiger partial charge in [-0.2, -0.15) is 0 Å². The third-order valence-electron chi connectivity index (χ3n) is 4.59. The number of hydrogen-bond acceptors (Lipinski definition) is 1. The van der Waals surface area contributed by atoms with Crippen molar-refractivity contribution >= 4 is 27.0 Å². The molecule has 0 aliphatic heterocycles. The fourth-order valence-electron chi connectivity index (χ4n) is 3.20. The molecule has 2 nitrogen and oxygen atoms in total. The zero-order valence-corrected chi connectivity index (χ0v) is 15.9. The standard InChI is InChI=1S/C22H19BrN2/c1-15-7-8-16(2)18(13-15)14-25-21-6-4-3-5-20(21)24-22(25)17-9-11-19(23)12-10-17/h3-13H,14H2,1-2H3. The highest BCUT2D eigenvalue weighted by molar-refractivity contribution is 9.10. The van der Waals surface area contributed by atoms with Crippen LogP contribution in [0.2, 0.25) is 0 Å². The second kappa shape index (κ2) is 6.49. The minimum atomic E-state index is 0.819. The molecule has 0 radical (unpaired) electrons. The van der Waals surface area contributed by atoms with Gasteiger partial charge in [0.2, 0.25) is 0 Å². The summed E-state index contributed by atoms with van der Waals surface area (Å²) in [4.78, 5) is 4.91. The number of benzene rings is 3. The second-order valence-electron chi connectivity index (χ2n) is 6.45. The molecule has 0 amide bonds. The van der Waals surface area contributed by atoms with Crippen molar-refractivity contribution in [1.29, 1.82) is 0 Å². The van der Waals surface area contributed by atoms with Crippen LogP contribution < -0.4 is 0 Å². The van der Waals surface area contributed by atoms with Gasteiger partial charge in [-0.3, -0.25) is 0 Å². The largest absolute Gasteiger partial charge is 0.319 e. The number of hydrogen-bond donors (Lipinski definition) is 0. The van der Waals surface area contributed by atoms with Crippen molar-refractivity contribution in [1.82, 2.24) is 9.55 Å².